The van der Waals surface area contributed by atoms with Gasteiger partial charge in [-0.25, -0.2) is 12.8 Å². The van der Waals surface area contributed by atoms with E-state index >= 15 is 0 Å². The summed E-state index contributed by atoms with van der Waals surface area (Å²) in [5.74, 6) is -0.110. The van der Waals surface area contributed by atoms with Crippen LogP contribution in [-0.2, 0) is 16.6 Å². The van der Waals surface area contributed by atoms with Crippen molar-refractivity contribution in [2.75, 3.05) is 23.7 Å². The Morgan fingerprint density at radius 1 is 1.06 bits per heavy atom. The van der Waals surface area contributed by atoms with E-state index in [1.165, 1.54) is 28.6 Å². The maximum Gasteiger partial charge on any atom is 0.251 e. The number of nitrogens with zero attached hydrogens (tertiary/aromatic N) is 1. The van der Waals surface area contributed by atoms with Crippen LogP contribution in [0.15, 0.2) is 66.7 Å². The fourth-order valence-corrected chi connectivity index (χ4v) is 4.35. The number of carbonyl (C=O) groups is 1. The van der Waals surface area contributed by atoms with Gasteiger partial charge >= 0.3 is 0 Å². The van der Waals surface area contributed by atoms with Crippen LogP contribution in [0.5, 0.6) is 5.75 Å². The maximum atomic E-state index is 12.9. The zero-order chi connectivity index (χ0) is 24.0. The van der Waals surface area contributed by atoms with E-state index in [0.29, 0.717) is 22.0 Å². The summed E-state index contributed by atoms with van der Waals surface area (Å²) in [5, 5.41) is 3.28. The van der Waals surface area contributed by atoms with Crippen molar-refractivity contribution >= 4 is 33.2 Å². The molecule has 0 unspecified atom stereocenters. The summed E-state index contributed by atoms with van der Waals surface area (Å²) in [4.78, 5) is 12.4. The highest BCUT2D eigenvalue weighted by atomic mass is 35.5. The normalized spacial score (nSPS) is 11.2. The molecule has 0 spiro atoms. The predicted molar refractivity (Wildman–Crippen MR) is 128 cm³/mol. The van der Waals surface area contributed by atoms with E-state index < -0.39 is 10.0 Å². The second-order valence-corrected chi connectivity index (χ2v) is 9.80. The van der Waals surface area contributed by atoms with Crippen LogP contribution in [0.4, 0.5) is 10.1 Å². The van der Waals surface area contributed by atoms with Gasteiger partial charge < -0.3 is 10.1 Å². The molecule has 1 amide bonds. The van der Waals surface area contributed by atoms with Crippen LogP contribution >= 0.6 is 11.6 Å². The fourth-order valence-electron chi connectivity index (χ4n) is 3.17. The first-order valence-corrected chi connectivity index (χ1v) is 12.4. The summed E-state index contributed by atoms with van der Waals surface area (Å²) in [7, 11) is -3.54. The van der Waals surface area contributed by atoms with Gasteiger partial charge in [-0.2, -0.15) is 0 Å². The number of aryl methyl sites for hydroxylation is 1. The van der Waals surface area contributed by atoms with E-state index in [9.17, 15) is 17.6 Å². The van der Waals surface area contributed by atoms with E-state index in [2.05, 4.69) is 5.32 Å². The van der Waals surface area contributed by atoms with E-state index in [1.54, 1.807) is 49.4 Å². The number of carbonyl (C=O) groups excluding carboxylic acids is 1. The van der Waals surface area contributed by atoms with Crippen LogP contribution in [0.2, 0.25) is 5.02 Å². The Morgan fingerprint density at radius 3 is 2.33 bits per heavy atom. The van der Waals surface area contributed by atoms with Crippen LogP contribution in [0.1, 0.15) is 21.5 Å². The summed E-state index contributed by atoms with van der Waals surface area (Å²) in [6.07, 6.45) is 1.15. The SMILES string of the molecule is Cc1cc(Cl)ccc1N(Cc1ccc(C(=O)NCCOc2ccc(F)cc2)cc1)S(C)(=O)=O. The third-order valence-electron chi connectivity index (χ3n) is 4.84. The lowest BCUT2D eigenvalue weighted by atomic mass is 10.1. The number of benzene rings is 3. The van der Waals surface area contributed by atoms with Crippen molar-refractivity contribution in [3.63, 3.8) is 0 Å². The topological polar surface area (TPSA) is 75.7 Å². The number of sulfonamides is 1. The van der Waals surface area contributed by atoms with Gasteiger partial charge in [0.2, 0.25) is 10.0 Å². The Bertz CT molecular complexity index is 1220. The molecule has 3 rings (SSSR count). The van der Waals surface area contributed by atoms with Crippen molar-refractivity contribution in [1.82, 2.24) is 5.32 Å². The second kappa shape index (κ2) is 10.7. The third-order valence-corrected chi connectivity index (χ3v) is 6.20. The minimum Gasteiger partial charge on any atom is -0.492 e. The minimum atomic E-state index is -3.54. The van der Waals surface area contributed by atoms with E-state index in [1.807, 2.05) is 0 Å². The van der Waals surface area contributed by atoms with E-state index in [-0.39, 0.29) is 31.4 Å². The lowest BCUT2D eigenvalue weighted by Gasteiger charge is -2.24. The molecule has 0 bridgehead atoms. The number of nitrogens with one attached hydrogen (secondary N) is 1. The molecule has 0 fully saturated rings. The highest BCUT2D eigenvalue weighted by molar-refractivity contribution is 7.92. The molecule has 0 saturated heterocycles. The predicted octanol–water partition coefficient (Wildman–Crippen LogP) is 4.56. The number of amides is 1. The average molecular weight is 491 g/mol. The number of hydrogen-bond acceptors (Lipinski definition) is 4. The van der Waals surface area contributed by atoms with Crippen molar-refractivity contribution in [2.24, 2.45) is 0 Å². The van der Waals surface area contributed by atoms with Gasteiger partial charge in [-0.3, -0.25) is 9.10 Å². The largest absolute Gasteiger partial charge is 0.492 e. The van der Waals surface area contributed by atoms with Gasteiger partial charge in [0.1, 0.15) is 18.2 Å². The lowest BCUT2D eigenvalue weighted by Crippen LogP contribution is -2.30. The fraction of sp³-hybridized carbons (Fsp3) is 0.208. The summed E-state index contributed by atoms with van der Waals surface area (Å²) < 4.78 is 44.5. The number of ether oxygens (including phenoxy) is 1. The molecule has 0 atom stereocenters. The quantitative estimate of drug-likeness (QED) is 0.446. The summed E-state index contributed by atoms with van der Waals surface area (Å²) >= 11 is 6.00. The van der Waals surface area contributed by atoms with Crippen LogP contribution in [-0.4, -0.2) is 33.7 Å². The molecule has 0 radical (unpaired) electrons. The van der Waals surface area contributed by atoms with Gasteiger partial charge in [0.25, 0.3) is 5.91 Å². The first-order chi connectivity index (χ1) is 15.6. The summed E-state index contributed by atoms with van der Waals surface area (Å²) in [6, 6.07) is 17.4. The Kier molecular flexibility index (Phi) is 7.94. The average Bonchev–Trinajstić information content (AvgIpc) is 2.76. The van der Waals surface area contributed by atoms with Gasteiger partial charge in [0.05, 0.1) is 25.0 Å². The van der Waals surface area contributed by atoms with Crippen LogP contribution in [0.25, 0.3) is 0 Å². The summed E-state index contributed by atoms with van der Waals surface area (Å²) in [6.45, 7) is 2.43. The molecule has 3 aromatic rings. The first kappa shape index (κ1) is 24.5. The number of halogens is 2. The molecule has 33 heavy (non-hydrogen) atoms. The Balaban J connectivity index is 1.59. The monoisotopic (exact) mass is 490 g/mol. The van der Waals surface area contributed by atoms with Crippen molar-refractivity contribution in [3.05, 3.63) is 94.3 Å². The van der Waals surface area contributed by atoms with Crippen molar-refractivity contribution < 1.29 is 22.3 Å². The highest BCUT2D eigenvalue weighted by Gasteiger charge is 2.20. The van der Waals surface area contributed by atoms with Gasteiger partial charge in [0, 0.05) is 10.6 Å². The van der Waals surface area contributed by atoms with E-state index in [0.717, 1.165) is 17.4 Å². The van der Waals surface area contributed by atoms with Crippen molar-refractivity contribution in [1.29, 1.82) is 0 Å². The molecule has 174 valence electrons. The molecule has 0 aliphatic carbocycles. The Labute approximate surface area is 198 Å². The number of hydrogen-bond donors (Lipinski definition) is 1. The molecule has 1 N–H and O–H groups in total. The zero-order valence-corrected chi connectivity index (χ0v) is 19.8. The molecule has 0 aromatic heterocycles. The third kappa shape index (κ3) is 6.94. The first-order valence-electron chi connectivity index (χ1n) is 10.1. The highest BCUT2D eigenvalue weighted by Crippen LogP contribution is 2.27. The smallest absolute Gasteiger partial charge is 0.251 e. The molecular weight excluding hydrogens is 467 g/mol. The number of anilines is 1. The van der Waals surface area contributed by atoms with Gasteiger partial charge in [-0.15, -0.1) is 0 Å². The molecular formula is C24H24ClFN2O4S. The van der Waals surface area contributed by atoms with E-state index in [4.69, 9.17) is 16.3 Å². The van der Waals surface area contributed by atoms with Gasteiger partial charge in [0.15, 0.2) is 0 Å². The molecule has 6 nitrogen and oxygen atoms in total. The molecule has 0 aliphatic rings. The standard InChI is InChI=1S/C24H24ClFN2O4S/c1-17-15-20(25)7-12-23(17)28(33(2,30)31)16-18-3-5-19(6-4-18)24(29)27-13-14-32-22-10-8-21(26)9-11-22/h3-12,15H,13-14,16H2,1-2H3,(H,27,29). The maximum absolute atomic E-state index is 12.9. The molecule has 0 heterocycles. The van der Waals surface area contributed by atoms with Crippen molar-refractivity contribution in [3.8, 4) is 5.75 Å². The summed E-state index contributed by atoms with van der Waals surface area (Å²) in [5.41, 5.74) is 2.46. The second-order valence-electron chi connectivity index (χ2n) is 7.46. The lowest BCUT2D eigenvalue weighted by molar-refractivity contribution is 0.0947. The minimum absolute atomic E-state index is 0.120. The van der Waals surface area contributed by atoms with Crippen LogP contribution in [0.3, 0.4) is 0 Å². The van der Waals surface area contributed by atoms with Gasteiger partial charge in [-0.1, -0.05) is 23.7 Å². The molecule has 3 aromatic carbocycles. The number of rotatable bonds is 9. The Morgan fingerprint density at radius 2 is 1.73 bits per heavy atom. The van der Waals surface area contributed by atoms with Crippen LogP contribution in [0, 0.1) is 12.7 Å². The zero-order valence-electron chi connectivity index (χ0n) is 18.2. The van der Waals surface area contributed by atoms with Crippen LogP contribution < -0.4 is 14.4 Å². The molecule has 9 heteroatoms. The molecule has 0 aliphatic heterocycles. The van der Waals surface area contributed by atoms with Crippen molar-refractivity contribution in [2.45, 2.75) is 13.5 Å². The molecule has 0 saturated carbocycles. The Hall–Kier alpha value is -3.10. The van der Waals surface area contributed by atoms with Gasteiger partial charge in [-0.05, 0) is 72.6 Å².